The Bertz CT molecular complexity index is 601. The fourth-order valence-electron chi connectivity index (χ4n) is 3.48. The Balaban J connectivity index is 1.53. The number of aromatic nitrogens is 3. The van der Waals surface area contributed by atoms with Crippen molar-refractivity contribution in [1.82, 2.24) is 14.5 Å². The summed E-state index contributed by atoms with van der Waals surface area (Å²) in [6.45, 7) is 7.11. The van der Waals surface area contributed by atoms with Gasteiger partial charge in [0, 0.05) is 38.2 Å². The van der Waals surface area contributed by atoms with E-state index in [9.17, 15) is 5.11 Å². The summed E-state index contributed by atoms with van der Waals surface area (Å²) in [4.78, 5) is 11.0. The maximum atomic E-state index is 10.3. The Morgan fingerprint density at radius 1 is 1.25 bits per heavy atom. The van der Waals surface area contributed by atoms with Crippen LogP contribution in [-0.2, 0) is 6.54 Å². The molecule has 1 N–H and O–H groups in total. The van der Waals surface area contributed by atoms with Gasteiger partial charge >= 0.3 is 0 Å². The third kappa shape index (κ3) is 4.35. The molecule has 0 bridgehead atoms. The molecule has 0 spiro atoms. The molecule has 130 valence electrons. The lowest BCUT2D eigenvalue weighted by molar-refractivity contribution is 0.0734. The fourth-order valence-corrected chi connectivity index (χ4v) is 3.48. The molecule has 0 aromatic carbocycles. The van der Waals surface area contributed by atoms with Gasteiger partial charge in [-0.25, -0.2) is 9.97 Å². The second-order valence-corrected chi connectivity index (χ2v) is 7.28. The minimum absolute atomic E-state index is 0.155. The predicted molar refractivity (Wildman–Crippen MR) is 96.0 cm³/mol. The SMILES string of the molecule is CC(C)C[C@@H](O)C1CCN(c2ccc(Cn3ccnc3)cn2)CC1. The van der Waals surface area contributed by atoms with Crippen LogP contribution < -0.4 is 4.90 Å². The number of aliphatic hydroxyl groups excluding tert-OH is 1. The zero-order valence-electron chi connectivity index (χ0n) is 14.7. The first kappa shape index (κ1) is 17.0. The third-order valence-corrected chi connectivity index (χ3v) is 4.85. The van der Waals surface area contributed by atoms with Gasteiger partial charge in [0.2, 0.25) is 0 Å². The number of rotatable bonds is 6. The van der Waals surface area contributed by atoms with E-state index in [1.807, 2.05) is 23.3 Å². The van der Waals surface area contributed by atoms with E-state index < -0.39 is 0 Å². The van der Waals surface area contributed by atoms with Crippen molar-refractivity contribution in [3.63, 3.8) is 0 Å². The topological polar surface area (TPSA) is 54.2 Å². The smallest absolute Gasteiger partial charge is 0.128 e. The number of piperidine rings is 1. The highest BCUT2D eigenvalue weighted by Crippen LogP contribution is 2.26. The van der Waals surface area contributed by atoms with Gasteiger partial charge in [-0.2, -0.15) is 0 Å². The first-order valence-corrected chi connectivity index (χ1v) is 8.95. The Morgan fingerprint density at radius 2 is 2.04 bits per heavy atom. The summed E-state index contributed by atoms with van der Waals surface area (Å²) >= 11 is 0. The van der Waals surface area contributed by atoms with Crippen LogP contribution in [0.4, 0.5) is 5.82 Å². The molecule has 1 aliphatic rings. The molecule has 2 aromatic heterocycles. The highest BCUT2D eigenvalue weighted by molar-refractivity contribution is 5.39. The van der Waals surface area contributed by atoms with Crippen molar-refractivity contribution in [2.45, 2.75) is 45.8 Å². The summed E-state index contributed by atoms with van der Waals surface area (Å²) < 4.78 is 2.04. The molecule has 0 unspecified atom stereocenters. The van der Waals surface area contributed by atoms with E-state index in [1.165, 1.54) is 5.56 Å². The van der Waals surface area contributed by atoms with Gasteiger partial charge in [0.15, 0.2) is 0 Å². The summed E-state index contributed by atoms with van der Waals surface area (Å²) in [7, 11) is 0. The van der Waals surface area contributed by atoms with Crippen molar-refractivity contribution in [3.05, 3.63) is 42.6 Å². The molecule has 2 aromatic rings. The number of hydrogen-bond acceptors (Lipinski definition) is 4. The molecule has 1 aliphatic heterocycles. The summed E-state index contributed by atoms with van der Waals surface area (Å²) in [5.74, 6) is 2.04. The number of nitrogens with zero attached hydrogens (tertiary/aromatic N) is 4. The molecule has 0 aliphatic carbocycles. The molecule has 3 rings (SSSR count). The number of hydrogen-bond donors (Lipinski definition) is 1. The molecular weight excluding hydrogens is 300 g/mol. The van der Waals surface area contributed by atoms with Gasteiger partial charge in [0.1, 0.15) is 5.82 Å². The molecule has 3 heterocycles. The molecular formula is C19H28N4O. The Hall–Kier alpha value is -1.88. The maximum absolute atomic E-state index is 10.3. The molecule has 0 saturated carbocycles. The Kier molecular flexibility index (Phi) is 5.51. The first-order valence-electron chi connectivity index (χ1n) is 8.95. The molecule has 0 amide bonds. The number of aliphatic hydroxyl groups is 1. The monoisotopic (exact) mass is 328 g/mol. The van der Waals surface area contributed by atoms with E-state index in [4.69, 9.17) is 0 Å². The summed E-state index contributed by atoms with van der Waals surface area (Å²) in [5.41, 5.74) is 1.18. The van der Waals surface area contributed by atoms with Crippen molar-refractivity contribution in [1.29, 1.82) is 0 Å². The van der Waals surface area contributed by atoms with Crippen LogP contribution in [0.3, 0.4) is 0 Å². The number of anilines is 1. The molecule has 24 heavy (non-hydrogen) atoms. The van der Waals surface area contributed by atoms with Gasteiger partial charge in [0.25, 0.3) is 0 Å². The maximum Gasteiger partial charge on any atom is 0.128 e. The van der Waals surface area contributed by atoms with E-state index in [1.54, 1.807) is 6.20 Å². The molecule has 1 atom stereocenters. The lowest BCUT2D eigenvalue weighted by Gasteiger charge is -2.35. The van der Waals surface area contributed by atoms with Gasteiger partial charge in [-0.1, -0.05) is 19.9 Å². The molecule has 5 nitrogen and oxygen atoms in total. The van der Waals surface area contributed by atoms with Gasteiger partial charge in [-0.05, 0) is 42.7 Å². The van der Waals surface area contributed by atoms with Crippen molar-refractivity contribution in [2.75, 3.05) is 18.0 Å². The first-order chi connectivity index (χ1) is 11.6. The van der Waals surface area contributed by atoms with Crippen LogP contribution >= 0.6 is 0 Å². The van der Waals surface area contributed by atoms with Crippen LogP contribution in [0.25, 0.3) is 0 Å². The summed E-state index contributed by atoms with van der Waals surface area (Å²) in [6, 6.07) is 4.25. The van der Waals surface area contributed by atoms with Gasteiger partial charge in [-0.3, -0.25) is 0 Å². The van der Waals surface area contributed by atoms with Crippen LogP contribution in [0.1, 0.15) is 38.7 Å². The van der Waals surface area contributed by atoms with Crippen LogP contribution in [0.2, 0.25) is 0 Å². The minimum Gasteiger partial charge on any atom is -0.393 e. The van der Waals surface area contributed by atoms with E-state index in [0.717, 1.165) is 44.7 Å². The number of imidazole rings is 1. The normalized spacial score (nSPS) is 17.4. The highest BCUT2D eigenvalue weighted by atomic mass is 16.3. The third-order valence-electron chi connectivity index (χ3n) is 4.85. The van der Waals surface area contributed by atoms with E-state index in [2.05, 4.69) is 40.8 Å². The van der Waals surface area contributed by atoms with E-state index in [-0.39, 0.29) is 6.10 Å². The van der Waals surface area contributed by atoms with Crippen LogP contribution in [0.15, 0.2) is 37.1 Å². The summed E-state index contributed by atoms with van der Waals surface area (Å²) in [6.07, 6.45) is 10.4. The zero-order chi connectivity index (χ0) is 16.9. The molecule has 1 saturated heterocycles. The van der Waals surface area contributed by atoms with Crippen LogP contribution in [0.5, 0.6) is 0 Å². The Labute approximate surface area is 144 Å². The Morgan fingerprint density at radius 3 is 2.62 bits per heavy atom. The lowest BCUT2D eigenvalue weighted by Crippen LogP contribution is -2.38. The average molecular weight is 328 g/mol. The van der Waals surface area contributed by atoms with Crippen molar-refractivity contribution >= 4 is 5.82 Å². The predicted octanol–water partition coefficient (Wildman–Crippen LogP) is 2.95. The van der Waals surface area contributed by atoms with E-state index in [0.29, 0.717) is 11.8 Å². The van der Waals surface area contributed by atoms with Crippen LogP contribution in [0, 0.1) is 11.8 Å². The lowest BCUT2D eigenvalue weighted by atomic mass is 9.87. The van der Waals surface area contributed by atoms with Crippen molar-refractivity contribution < 1.29 is 5.11 Å². The van der Waals surface area contributed by atoms with Crippen LogP contribution in [-0.4, -0.2) is 38.8 Å². The van der Waals surface area contributed by atoms with E-state index >= 15 is 0 Å². The van der Waals surface area contributed by atoms with Gasteiger partial charge in [-0.15, -0.1) is 0 Å². The quantitative estimate of drug-likeness (QED) is 0.886. The van der Waals surface area contributed by atoms with Gasteiger partial charge < -0.3 is 14.6 Å². The largest absolute Gasteiger partial charge is 0.393 e. The molecule has 0 radical (unpaired) electrons. The standard InChI is InChI=1S/C19H28N4O/c1-15(2)11-18(24)17-5-8-23(9-6-17)19-4-3-16(12-21-19)13-22-10-7-20-14-22/h3-4,7,10,12,14-15,17-18,24H,5-6,8-9,11,13H2,1-2H3/t18-/m1/s1. The molecule has 5 heteroatoms. The average Bonchev–Trinajstić information content (AvgIpc) is 3.08. The highest BCUT2D eigenvalue weighted by Gasteiger charge is 2.26. The number of pyridine rings is 1. The minimum atomic E-state index is -0.155. The second kappa shape index (κ2) is 7.79. The zero-order valence-corrected chi connectivity index (χ0v) is 14.7. The summed E-state index contributed by atoms with van der Waals surface area (Å²) in [5, 5.41) is 10.3. The molecule has 1 fully saturated rings. The fraction of sp³-hybridized carbons (Fsp3) is 0.579. The van der Waals surface area contributed by atoms with Crippen molar-refractivity contribution in [2.24, 2.45) is 11.8 Å². The van der Waals surface area contributed by atoms with Crippen molar-refractivity contribution in [3.8, 4) is 0 Å². The van der Waals surface area contributed by atoms with Gasteiger partial charge in [0.05, 0.1) is 12.4 Å². The second-order valence-electron chi connectivity index (χ2n) is 7.28.